The maximum Gasteiger partial charge on any atom is 0.264 e. The summed E-state index contributed by atoms with van der Waals surface area (Å²) in [7, 11) is -3.36. The number of primary amides is 1. The molecule has 1 aromatic rings. The molecular weight excluding hydrogens is 242 g/mol. The summed E-state index contributed by atoms with van der Waals surface area (Å²) in [5, 5.41) is 0. The molecule has 5 nitrogen and oxygen atoms in total. The normalized spacial score (nSPS) is 11.4. The molecule has 94 valence electrons. The molecule has 6 heteroatoms. The maximum absolute atomic E-state index is 10.8. The predicted octanol–water partition coefficient (Wildman–Crippen LogP) is 0.694. The molecule has 0 aromatic heterocycles. The number of benzene rings is 1. The van der Waals surface area contributed by atoms with E-state index in [1.54, 1.807) is 24.3 Å². The van der Waals surface area contributed by atoms with Gasteiger partial charge in [0, 0.05) is 5.56 Å². The van der Waals surface area contributed by atoms with Crippen LogP contribution in [-0.4, -0.2) is 27.2 Å². The number of carbonyl (C=O) groups excluding carboxylic acids is 1. The van der Waals surface area contributed by atoms with Crippen molar-refractivity contribution in [3.05, 3.63) is 35.4 Å². The summed E-state index contributed by atoms with van der Waals surface area (Å²) in [6.45, 7) is 0.163. The van der Waals surface area contributed by atoms with Crippen LogP contribution in [0.15, 0.2) is 24.3 Å². The average Bonchev–Trinajstić information content (AvgIpc) is 2.24. The molecule has 0 aliphatic heterocycles. The van der Waals surface area contributed by atoms with Crippen LogP contribution in [0.3, 0.4) is 0 Å². The Morgan fingerprint density at radius 1 is 1.29 bits per heavy atom. The first kappa shape index (κ1) is 13.7. The summed E-state index contributed by atoms with van der Waals surface area (Å²) in [5.41, 5.74) is 6.57. The molecule has 0 spiro atoms. The van der Waals surface area contributed by atoms with Gasteiger partial charge in [0.05, 0.1) is 12.9 Å². The van der Waals surface area contributed by atoms with Gasteiger partial charge in [0.1, 0.15) is 0 Å². The Morgan fingerprint density at radius 2 is 1.88 bits per heavy atom. The van der Waals surface area contributed by atoms with Crippen molar-refractivity contribution in [1.29, 1.82) is 0 Å². The summed E-state index contributed by atoms with van der Waals surface area (Å²) in [4.78, 5) is 10.8. The molecule has 0 aliphatic rings. The van der Waals surface area contributed by atoms with Crippen LogP contribution in [-0.2, 0) is 20.7 Å². The van der Waals surface area contributed by atoms with E-state index in [1.807, 2.05) is 0 Å². The standard InChI is InChI=1S/C11H15NO4S/c1-17(14,15)16-8-2-3-9-4-6-10(7-5-9)11(12)13/h4-7H,2-3,8H2,1H3,(H2,12,13). The van der Waals surface area contributed by atoms with E-state index < -0.39 is 16.0 Å². The van der Waals surface area contributed by atoms with Gasteiger partial charge in [-0.25, -0.2) is 0 Å². The van der Waals surface area contributed by atoms with Crippen LogP contribution in [0.2, 0.25) is 0 Å². The highest BCUT2D eigenvalue weighted by Crippen LogP contribution is 2.06. The van der Waals surface area contributed by atoms with Crippen LogP contribution in [0, 0.1) is 0 Å². The molecule has 0 fully saturated rings. The van der Waals surface area contributed by atoms with Crippen LogP contribution >= 0.6 is 0 Å². The number of hydrogen-bond acceptors (Lipinski definition) is 4. The highest BCUT2D eigenvalue weighted by molar-refractivity contribution is 7.85. The Hall–Kier alpha value is -1.40. The van der Waals surface area contributed by atoms with Gasteiger partial charge in [-0.3, -0.25) is 8.98 Å². The van der Waals surface area contributed by atoms with Gasteiger partial charge in [-0.1, -0.05) is 12.1 Å². The minimum absolute atomic E-state index is 0.163. The summed E-state index contributed by atoms with van der Waals surface area (Å²) in [6.07, 6.45) is 2.31. The third kappa shape index (κ3) is 5.46. The van der Waals surface area contributed by atoms with E-state index in [2.05, 4.69) is 4.18 Å². The summed E-state index contributed by atoms with van der Waals surface area (Å²) >= 11 is 0. The molecule has 1 aromatic carbocycles. The zero-order valence-electron chi connectivity index (χ0n) is 9.55. The molecule has 0 heterocycles. The lowest BCUT2D eigenvalue weighted by Crippen LogP contribution is -2.10. The monoisotopic (exact) mass is 257 g/mol. The van der Waals surface area contributed by atoms with Crippen LogP contribution in [0.5, 0.6) is 0 Å². The van der Waals surface area contributed by atoms with Crippen molar-refractivity contribution in [2.75, 3.05) is 12.9 Å². The molecule has 17 heavy (non-hydrogen) atoms. The number of hydrogen-bond donors (Lipinski definition) is 1. The van der Waals surface area contributed by atoms with Crippen LogP contribution in [0.4, 0.5) is 0 Å². The number of rotatable bonds is 6. The third-order valence-corrected chi connectivity index (χ3v) is 2.74. The van der Waals surface area contributed by atoms with E-state index in [9.17, 15) is 13.2 Å². The van der Waals surface area contributed by atoms with Gasteiger partial charge < -0.3 is 5.73 Å². The van der Waals surface area contributed by atoms with Gasteiger partial charge in [0.2, 0.25) is 5.91 Å². The van der Waals surface area contributed by atoms with Crippen LogP contribution in [0.25, 0.3) is 0 Å². The fourth-order valence-electron chi connectivity index (χ4n) is 1.32. The second-order valence-electron chi connectivity index (χ2n) is 3.69. The lowest BCUT2D eigenvalue weighted by atomic mass is 10.1. The Labute approximate surface area is 101 Å². The van der Waals surface area contributed by atoms with Crippen LogP contribution in [0.1, 0.15) is 22.3 Å². The van der Waals surface area contributed by atoms with Crippen molar-refractivity contribution in [3.63, 3.8) is 0 Å². The van der Waals surface area contributed by atoms with E-state index in [0.29, 0.717) is 18.4 Å². The maximum atomic E-state index is 10.8. The van der Waals surface area contributed by atoms with Gasteiger partial charge >= 0.3 is 0 Å². The van der Waals surface area contributed by atoms with Gasteiger partial charge in [0.15, 0.2) is 0 Å². The van der Waals surface area contributed by atoms with Crippen molar-refractivity contribution < 1.29 is 17.4 Å². The van der Waals surface area contributed by atoms with E-state index in [0.717, 1.165) is 11.8 Å². The average molecular weight is 257 g/mol. The number of carbonyl (C=O) groups is 1. The van der Waals surface area contributed by atoms with Gasteiger partial charge in [-0.05, 0) is 30.5 Å². The Kier molecular flexibility index (Phi) is 4.65. The zero-order chi connectivity index (χ0) is 12.9. The predicted molar refractivity (Wildman–Crippen MR) is 64.1 cm³/mol. The molecule has 1 rings (SSSR count). The van der Waals surface area contributed by atoms with Gasteiger partial charge in [0.25, 0.3) is 10.1 Å². The molecule has 0 aliphatic carbocycles. The smallest absolute Gasteiger partial charge is 0.264 e. The molecule has 0 saturated heterocycles. The lowest BCUT2D eigenvalue weighted by molar-refractivity contribution is 0.1000. The van der Waals surface area contributed by atoms with Gasteiger partial charge in [-0.15, -0.1) is 0 Å². The molecule has 0 unspecified atom stereocenters. The number of amides is 1. The van der Waals surface area contributed by atoms with Gasteiger partial charge in [-0.2, -0.15) is 8.42 Å². The first-order chi connectivity index (χ1) is 7.88. The Bertz CT molecular complexity index is 479. The van der Waals surface area contributed by atoms with E-state index in [1.165, 1.54) is 0 Å². The summed E-state index contributed by atoms with van der Waals surface area (Å²) < 4.78 is 26.0. The van der Waals surface area contributed by atoms with E-state index in [-0.39, 0.29) is 6.61 Å². The molecule has 0 bridgehead atoms. The highest BCUT2D eigenvalue weighted by atomic mass is 32.2. The summed E-state index contributed by atoms with van der Waals surface area (Å²) in [6, 6.07) is 6.88. The molecule has 2 N–H and O–H groups in total. The second-order valence-corrected chi connectivity index (χ2v) is 5.33. The molecular formula is C11H15NO4S. The fourth-order valence-corrected chi connectivity index (χ4v) is 1.74. The third-order valence-electron chi connectivity index (χ3n) is 2.15. The number of nitrogens with two attached hydrogens (primary N) is 1. The number of aryl methyl sites for hydroxylation is 1. The zero-order valence-corrected chi connectivity index (χ0v) is 10.4. The van der Waals surface area contributed by atoms with Crippen molar-refractivity contribution in [3.8, 4) is 0 Å². The quantitative estimate of drug-likeness (QED) is 0.600. The first-order valence-electron chi connectivity index (χ1n) is 5.11. The largest absolute Gasteiger partial charge is 0.366 e. The molecule has 0 radical (unpaired) electrons. The van der Waals surface area contributed by atoms with Crippen molar-refractivity contribution in [2.24, 2.45) is 5.73 Å². The molecule has 1 amide bonds. The fraction of sp³-hybridized carbons (Fsp3) is 0.364. The van der Waals surface area contributed by atoms with E-state index in [4.69, 9.17) is 5.73 Å². The molecule has 0 atom stereocenters. The summed E-state index contributed by atoms with van der Waals surface area (Å²) in [5.74, 6) is -0.461. The van der Waals surface area contributed by atoms with Crippen molar-refractivity contribution in [2.45, 2.75) is 12.8 Å². The minimum atomic E-state index is -3.36. The minimum Gasteiger partial charge on any atom is -0.366 e. The lowest BCUT2D eigenvalue weighted by Gasteiger charge is -2.03. The SMILES string of the molecule is CS(=O)(=O)OCCCc1ccc(C(N)=O)cc1. The first-order valence-corrected chi connectivity index (χ1v) is 6.93. The highest BCUT2D eigenvalue weighted by Gasteiger charge is 2.02. The topological polar surface area (TPSA) is 86.5 Å². The van der Waals surface area contributed by atoms with E-state index >= 15 is 0 Å². The Balaban J connectivity index is 2.40. The van der Waals surface area contributed by atoms with Crippen LogP contribution < -0.4 is 5.73 Å². The van der Waals surface area contributed by atoms with Crippen molar-refractivity contribution in [1.82, 2.24) is 0 Å². The molecule has 0 saturated carbocycles. The van der Waals surface area contributed by atoms with Crippen molar-refractivity contribution >= 4 is 16.0 Å². The second kappa shape index (κ2) is 5.79. The Morgan fingerprint density at radius 3 is 2.35 bits per heavy atom.